The highest BCUT2D eigenvalue weighted by molar-refractivity contribution is 7.80. The number of hydrogen-bond donors (Lipinski definition) is 0. The molecule has 0 fully saturated rings. The molecule has 1 atom stereocenters. The van der Waals surface area contributed by atoms with E-state index in [1.54, 1.807) is 68.5 Å². The molecule has 0 aliphatic carbocycles. The van der Waals surface area contributed by atoms with Crippen molar-refractivity contribution < 1.29 is 22.3 Å². The Morgan fingerprint density at radius 2 is 1.64 bits per heavy atom. The van der Waals surface area contributed by atoms with E-state index in [9.17, 15) is 17.6 Å². The van der Waals surface area contributed by atoms with Crippen molar-refractivity contribution in [3.8, 4) is 0 Å². The van der Waals surface area contributed by atoms with Gasteiger partial charge in [-0.3, -0.25) is 4.99 Å². The maximum atomic E-state index is 13.6. The van der Waals surface area contributed by atoms with Crippen molar-refractivity contribution in [3.05, 3.63) is 137 Å². The van der Waals surface area contributed by atoms with Gasteiger partial charge in [-0.1, -0.05) is 115 Å². The Bertz CT molecular complexity index is 1460. The predicted molar refractivity (Wildman–Crippen MR) is 198 cm³/mol. The van der Waals surface area contributed by atoms with Crippen LogP contribution in [0, 0.1) is 11.7 Å². The Kier molecular flexibility index (Phi) is 20.8. The summed E-state index contributed by atoms with van der Waals surface area (Å²) in [6.45, 7) is 26.8. The zero-order chi connectivity index (χ0) is 36.2. The normalized spacial score (nSPS) is 12.9. The molecule has 2 aromatic carbocycles. The van der Waals surface area contributed by atoms with Crippen LogP contribution in [-0.4, -0.2) is 17.4 Å². The van der Waals surface area contributed by atoms with Gasteiger partial charge in [-0.05, 0) is 92.7 Å². The third-order valence-electron chi connectivity index (χ3n) is 6.94. The molecule has 2 rings (SSSR count). The minimum Gasteiger partial charge on any atom is -0.487 e. The number of hydrogen-bond acceptors (Lipinski definition) is 3. The van der Waals surface area contributed by atoms with E-state index in [1.165, 1.54) is 12.1 Å². The average molecular weight is 670 g/mol. The maximum Gasteiger partial charge on any atom is 0.417 e. The molecule has 0 bridgehead atoms. The number of allylic oxidation sites excluding steroid dienone is 6. The van der Waals surface area contributed by atoms with Crippen LogP contribution in [0.1, 0.15) is 90.5 Å². The SMILES string of the molecule is C=C/C(=C\C=C(/C)c1ccc(CCCC)cc1C(F)(F)F)C(C)C(=S)OCC.C=CC(=C)/C(=C\C)N=C(C)c1ccccc1F.CC. The van der Waals surface area contributed by atoms with Gasteiger partial charge in [0.2, 0.25) is 0 Å². The van der Waals surface area contributed by atoms with Gasteiger partial charge in [0.25, 0.3) is 0 Å². The molecular formula is C40H51F4NOS. The van der Waals surface area contributed by atoms with Crippen LogP contribution in [0.25, 0.3) is 5.57 Å². The zero-order valence-electron chi connectivity index (χ0n) is 29.2. The Balaban J connectivity index is 0.000000949. The number of aryl methyl sites for hydroxylation is 1. The summed E-state index contributed by atoms with van der Waals surface area (Å²) in [7, 11) is 0. The van der Waals surface area contributed by atoms with Crippen LogP contribution in [-0.2, 0) is 17.3 Å². The van der Waals surface area contributed by atoms with Gasteiger partial charge < -0.3 is 4.74 Å². The van der Waals surface area contributed by atoms with Crippen LogP contribution >= 0.6 is 12.2 Å². The van der Waals surface area contributed by atoms with Gasteiger partial charge in [0.05, 0.1) is 17.9 Å². The van der Waals surface area contributed by atoms with E-state index in [4.69, 9.17) is 17.0 Å². The highest BCUT2D eigenvalue weighted by Gasteiger charge is 2.33. The first kappa shape index (κ1) is 43.2. The summed E-state index contributed by atoms with van der Waals surface area (Å²) in [5.41, 5.74) is 4.19. The van der Waals surface area contributed by atoms with Gasteiger partial charge in [0.1, 0.15) is 5.82 Å². The smallest absolute Gasteiger partial charge is 0.417 e. The van der Waals surface area contributed by atoms with Crippen LogP contribution in [0.5, 0.6) is 0 Å². The molecule has 0 saturated heterocycles. The zero-order valence-corrected chi connectivity index (χ0v) is 30.0. The summed E-state index contributed by atoms with van der Waals surface area (Å²) in [5, 5.41) is 0.441. The minimum atomic E-state index is -4.40. The quantitative estimate of drug-likeness (QED) is 0.0916. The number of ether oxygens (including phenoxy) is 1. The van der Waals surface area contributed by atoms with E-state index in [2.05, 4.69) is 24.7 Å². The van der Waals surface area contributed by atoms with Gasteiger partial charge in [-0.2, -0.15) is 13.2 Å². The van der Waals surface area contributed by atoms with Crippen molar-refractivity contribution in [1.29, 1.82) is 0 Å². The number of thiocarbonyl (C=S) groups is 1. The first-order valence-corrected chi connectivity index (χ1v) is 16.3. The van der Waals surface area contributed by atoms with E-state index in [1.807, 2.05) is 47.6 Å². The van der Waals surface area contributed by atoms with Crippen molar-refractivity contribution in [3.63, 3.8) is 0 Å². The second kappa shape index (κ2) is 22.6. The number of alkyl halides is 3. The van der Waals surface area contributed by atoms with Crippen LogP contribution in [0.4, 0.5) is 17.6 Å². The van der Waals surface area contributed by atoms with Gasteiger partial charge in [-0.25, -0.2) is 4.39 Å². The largest absolute Gasteiger partial charge is 0.487 e. The molecule has 0 heterocycles. The number of benzene rings is 2. The molecule has 1 unspecified atom stereocenters. The van der Waals surface area contributed by atoms with Gasteiger partial charge >= 0.3 is 6.18 Å². The average Bonchev–Trinajstić information content (AvgIpc) is 3.06. The Morgan fingerprint density at radius 3 is 2.15 bits per heavy atom. The van der Waals surface area contributed by atoms with E-state index >= 15 is 0 Å². The van der Waals surface area contributed by atoms with E-state index in [0.29, 0.717) is 46.2 Å². The summed E-state index contributed by atoms with van der Waals surface area (Å²) in [6, 6.07) is 11.2. The summed E-state index contributed by atoms with van der Waals surface area (Å²) in [5.74, 6) is -0.441. The molecule has 7 heteroatoms. The number of rotatable bonds is 13. The van der Waals surface area contributed by atoms with E-state index in [0.717, 1.165) is 24.0 Å². The topological polar surface area (TPSA) is 21.6 Å². The lowest BCUT2D eigenvalue weighted by molar-refractivity contribution is -0.137. The summed E-state index contributed by atoms with van der Waals surface area (Å²) >= 11 is 5.23. The van der Waals surface area contributed by atoms with Crippen molar-refractivity contribution in [2.75, 3.05) is 6.61 Å². The van der Waals surface area contributed by atoms with E-state index < -0.39 is 11.7 Å². The third kappa shape index (κ3) is 14.6. The molecule has 2 aromatic rings. The molecule has 0 saturated carbocycles. The van der Waals surface area contributed by atoms with Crippen LogP contribution in [0.15, 0.2) is 114 Å². The van der Waals surface area contributed by atoms with Crippen molar-refractivity contribution in [2.45, 2.75) is 80.8 Å². The molecule has 2 nitrogen and oxygen atoms in total. The lowest BCUT2D eigenvalue weighted by Gasteiger charge is -2.16. The Hall–Kier alpha value is -3.84. The molecular weight excluding hydrogens is 619 g/mol. The molecule has 0 radical (unpaired) electrons. The van der Waals surface area contributed by atoms with Gasteiger partial charge in [-0.15, -0.1) is 0 Å². The second-order valence-corrected chi connectivity index (χ2v) is 10.7. The summed E-state index contributed by atoms with van der Waals surface area (Å²) in [4.78, 5) is 4.36. The fourth-order valence-electron chi connectivity index (χ4n) is 4.23. The molecule has 47 heavy (non-hydrogen) atoms. The highest BCUT2D eigenvalue weighted by atomic mass is 32.1. The minimum absolute atomic E-state index is 0.171. The van der Waals surface area contributed by atoms with Crippen LogP contribution < -0.4 is 0 Å². The lowest BCUT2D eigenvalue weighted by Crippen LogP contribution is -2.13. The van der Waals surface area contributed by atoms with Gasteiger partial charge in [0.15, 0.2) is 5.05 Å². The molecule has 0 N–H and O–H groups in total. The fourth-order valence-corrected chi connectivity index (χ4v) is 4.49. The number of unbranched alkanes of at least 4 members (excludes halogenated alkanes) is 1. The standard InChI is InChI=1S/C23H29F3OS.C15H16FN.C2H6/c1-6-9-10-18-12-14-20(21(15-18)23(24,25)26)16(4)11-13-19(7-2)17(5)22(28)27-8-3;1-5-11(3)15(6-2)17-12(4)13-9-7-8-10-14(13)16;1-2/h7,11-15,17H,2,6,8-10H2,1,3-5H3;5-10H,1,3H2,2,4H3;1-2H3/b16-11+,19-13+;15-6+,17-12?;. The molecule has 0 aliphatic heterocycles. The number of aliphatic imine (C=N–C) groups is 1. The Morgan fingerprint density at radius 1 is 1.00 bits per heavy atom. The maximum absolute atomic E-state index is 13.6. The predicted octanol–water partition coefficient (Wildman–Crippen LogP) is 12.9. The number of nitrogens with zero attached hydrogens (tertiary/aromatic N) is 1. The van der Waals surface area contributed by atoms with Crippen molar-refractivity contribution in [1.82, 2.24) is 0 Å². The van der Waals surface area contributed by atoms with Gasteiger partial charge in [0, 0.05) is 17.2 Å². The van der Waals surface area contributed by atoms with Crippen LogP contribution in [0.3, 0.4) is 0 Å². The summed E-state index contributed by atoms with van der Waals surface area (Å²) in [6.07, 6.45) is 6.60. The molecule has 0 spiro atoms. The van der Waals surface area contributed by atoms with E-state index in [-0.39, 0.29) is 17.3 Å². The third-order valence-corrected chi connectivity index (χ3v) is 7.41. The lowest BCUT2D eigenvalue weighted by atomic mass is 9.95. The van der Waals surface area contributed by atoms with Crippen molar-refractivity contribution >= 4 is 28.6 Å². The first-order valence-electron chi connectivity index (χ1n) is 15.9. The molecule has 0 amide bonds. The van der Waals surface area contributed by atoms with Crippen LogP contribution in [0.2, 0.25) is 0 Å². The van der Waals surface area contributed by atoms with Crippen molar-refractivity contribution in [2.24, 2.45) is 10.9 Å². The monoisotopic (exact) mass is 669 g/mol. The second-order valence-electron chi connectivity index (χ2n) is 10.3. The highest BCUT2D eigenvalue weighted by Crippen LogP contribution is 2.36. The molecule has 0 aliphatic rings. The molecule has 256 valence electrons. The molecule has 0 aromatic heterocycles. The first-order chi connectivity index (χ1) is 22.2. The Labute approximate surface area is 286 Å². The fraction of sp³-hybridized carbons (Fsp3) is 0.350. The number of halogens is 4. The summed E-state index contributed by atoms with van der Waals surface area (Å²) < 4.78 is 59.7.